The zero-order valence-electron chi connectivity index (χ0n) is 17.0. The smallest absolute Gasteiger partial charge is 0.242 e. The number of hydrogen-bond acceptors (Lipinski definition) is 4. The molecule has 0 aliphatic carbocycles. The maximum Gasteiger partial charge on any atom is 0.242 e. The van der Waals surface area contributed by atoms with E-state index in [0.717, 1.165) is 15.4 Å². The molecule has 0 radical (unpaired) electrons. The van der Waals surface area contributed by atoms with Gasteiger partial charge in [-0.05, 0) is 56.2 Å². The van der Waals surface area contributed by atoms with E-state index in [4.69, 9.17) is 23.2 Å². The van der Waals surface area contributed by atoms with Gasteiger partial charge in [0.2, 0.25) is 15.9 Å². The number of hydrogen-bond donors (Lipinski definition) is 2. The fourth-order valence-electron chi connectivity index (χ4n) is 2.74. The Bertz CT molecular complexity index is 1010. The van der Waals surface area contributed by atoms with Crippen LogP contribution in [0.5, 0.6) is 0 Å². The second-order valence-electron chi connectivity index (χ2n) is 7.03. The third-order valence-electron chi connectivity index (χ3n) is 4.57. The highest BCUT2D eigenvalue weighted by Gasteiger charge is 2.21. The number of rotatable bonds is 7. The minimum absolute atomic E-state index is 0.116. The fourth-order valence-corrected chi connectivity index (χ4v) is 4.24. The minimum atomic E-state index is -3.59. The lowest BCUT2D eigenvalue weighted by atomic mass is 10.1. The molecule has 0 unspecified atom stereocenters. The van der Waals surface area contributed by atoms with Gasteiger partial charge in [-0.25, -0.2) is 12.7 Å². The number of benzene rings is 2. The number of carbonyl (C=O) groups excluding carboxylic acids is 1. The largest absolute Gasteiger partial charge is 0.324 e. The van der Waals surface area contributed by atoms with E-state index >= 15 is 0 Å². The summed E-state index contributed by atoms with van der Waals surface area (Å²) in [6, 6.07) is 9.12. The zero-order chi connectivity index (χ0) is 21.9. The van der Waals surface area contributed by atoms with E-state index in [1.54, 1.807) is 32.0 Å². The van der Waals surface area contributed by atoms with Gasteiger partial charge in [0, 0.05) is 35.9 Å². The van der Waals surface area contributed by atoms with Crippen LogP contribution in [0.3, 0.4) is 0 Å². The Kier molecular flexibility index (Phi) is 7.70. The summed E-state index contributed by atoms with van der Waals surface area (Å²) in [6.07, 6.45) is 0. The second kappa shape index (κ2) is 9.45. The first-order valence-electron chi connectivity index (χ1n) is 8.98. The minimum Gasteiger partial charge on any atom is -0.324 e. The van der Waals surface area contributed by atoms with Gasteiger partial charge in [0.05, 0.1) is 10.9 Å². The summed E-state index contributed by atoms with van der Waals surface area (Å²) < 4.78 is 25.8. The Morgan fingerprint density at radius 3 is 2.31 bits per heavy atom. The second-order valence-corrected chi connectivity index (χ2v) is 10.0. The molecule has 2 N–H and O–H groups in total. The Morgan fingerprint density at radius 2 is 1.72 bits per heavy atom. The van der Waals surface area contributed by atoms with Crippen molar-refractivity contribution in [2.45, 2.75) is 37.8 Å². The topological polar surface area (TPSA) is 78.5 Å². The Labute approximate surface area is 182 Å². The standard InChI is InChI=1S/C20H25Cl2N3O3S/c1-12-6-8-16(29(27,28)25(4)5)11-19(12)24-20(26)14(3)23-13(2)17-9-7-15(21)10-18(17)22/h6-11,13-14,23H,1-5H3,(H,24,26)/t13-,14+/m0/s1. The summed E-state index contributed by atoms with van der Waals surface area (Å²) in [7, 11) is -0.673. The van der Waals surface area contributed by atoms with Crippen LogP contribution in [0, 0.1) is 6.92 Å². The van der Waals surface area contributed by atoms with Crippen molar-refractivity contribution >= 4 is 44.8 Å². The zero-order valence-corrected chi connectivity index (χ0v) is 19.3. The highest BCUT2D eigenvalue weighted by atomic mass is 35.5. The molecule has 0 fully saturated rings. The summed E-state index contributed by atoms with van der Waals surface area (Å²) in [6.45, 7) is 5.43. The molecule has 2 aromatic rings. The SMILES string of the molecule is Cc1ccc(S(=O)(=O)N(C)C)cc1NC(=O)[C@@H](C)N[C@@H](C)c1ccc(Cl)cc1Cl. The van der Waals surface area contributed by atoms with Crippen LogP contribution in [0.15, 0.2) is 41.3 Å². The fraction of sp³-hybridized carbons (Fsp3) is 0.350. The monoisotopic (exact) mass is 457 g/mol. The number of nitrogens with zero attached hydrogens (tertiary/aromatic N) is 1. The van der Waals surface area contributed by atoms with Crippen molar-refractivity contribution < 1.29 is 13.2 Å². The number of sulfonamides is 1. The molecule has 1 amide bonds. The van der Waals surface area contributed by atoms with E-state index < -0.39 is 16.1 Å². The molecule has 2 atom stereocenters. The molecule has 29 heavy (non-hydrogen) atoms. The highest BCUT2D eigenvalue weighted by molar-refractivity contribution is 7.89. The van der Waals surface area contributed by atoms with E-state index in [1.165, 1.54) is 26.2 Å². The van der Waals surface area contributed by atoms with Gasteiger partial charge in [-0.3, -0.25) is 10.1 Å². The van der Waals surface area contributed by atoms with Crippen molar-refractivity contribution in [1.82, 2.24) is 9.62 Å². The lowest BCUT2D eigenvalue weighted by Crippen LogP contribution is -2.39. The number of carbonyl (C=O) groups is 1. The Balaban J connectivity index is 2.15. The maximum absolute atomic E-state index is 12.7. The van der Waals surface area contributed by atoms with E-state index in [-0.39, 0.29) is 16.8 Å². The molecule has 2 aromatic carbocycles. The first-order chi connectivity index (χ1) is 13.4. The predicted octanol–water partition coefficient (Wildman–Crippen LogP) is 4.23. The number of aryl methyl sites for hydroxylation is 1. The lowest BCUT2D eigenvalue weighted by molar-refractivity contribution is -0.117. The molecule has 2 rings (SSSR count). The van der Waals surface area contributed by atoms with Crippen LogP contribution in [-0.4, -0.2) is 38.8 Å². The van der Waals surface area contributed by atoms with Gasteiger partial charge >= 0.3 is 0 Å². The van der Waals surface area contributed by atoms with Crippen LogP contribution in [-0.2, 0) is 14.8 Å². The molecule has 0 aliphatic heterocycles. The van der Waals surface area contributed by atoms with E-state index in [9.17, 15) is 13.2 Å². The van der Waals surface area contributed by atoms with Gasteiger partial charge in [-0.2, -0.15) is 0 Å². The summed E-state index contributed by atoms with van der Waals surface area (Å²) in [5.74, 6) is -0.288. The van der Waals surface area contributed by atoms with Crippen LogP contribution in [0.25, 0.3) is 0 Å². The van der Waals surface area contributed by atoms with Gasteiger partial charge in [0.1, 0.15) is 0 Å². The normalized spacial score (nSPS) is 13.9. The van der Waals surface area contributed by atoms with Gasteiger partial charge in [0.25, 0.3) is 0 Å². The molecule has 0 aliphatic rings. The average molecular weight is 458 g/mol. The number of halogens is 2. The van der Waals surface area contributed by atoms with Crippen molar-refractivity contribution in [1.29, 1.82) is 0 Å². The van der Waals surface area contributed by atoms with Gasteiger partial charge in [-0.1, -0.05) is 35.3 Å². The number of anilines is 1. The number of amides is 1. The molecule has 6 nitrogen and oxygen atoms in total. The maximum atomic E-state index is 12.7. The molecule has 0 bridgehead atoms. The first-order valence-corrected chi connectivity index (χ1v) is 11.2. The number of nitrogens with one attached hydrogen (secondary N) is 2. The molecule has 9 heteroatoms. The van der Waals surface area contributed by atoms with Gasteiger partial charge < -0.3 is 5.32 Å². The van der Waals surface area contributed by atoms with Crippen molar-refractivity contribution in [3.05, 3.63) is 57.6 Å². The lowest BCUT2D eigenvalue weighted by Gasteiger charge is -2.21. The highest BCUT2D eigenvalue weighted by Crippen LogP contribution is 2.27. The van der Waals surface area contributed by atoms with Crippen LogP contribution >= 0.6 is 23.2 Å². The third kappa shape index (κ3) is 5.71. The summed E-state index contributed by atoms with van der Waals surface area (Å²) in [4.78, 5) is 12.8. The third-order valence-corrected chi connectivity index (χ3v) is 6.94. The molecular weight excluding hydrogens is 433 g/mol. The van der Waals surface area contributed by atoms with Gasteiger partial charge in [-0.15, -0.1) is 0 Å². The molecule has 0 saturated heterocycles. The van der Waals surface area contributed by atoms with Crippen LogP contribution in [0.2, 0.25) is 10.0 Å². The van der Waals surface area contributed by atoms with Crippen LogP contribution in [0.1, 0.15) is 31.0 Å². The summed E-state index contributed by atoms with van der Waals surface area (Å²) in [5.41, 5.74) is 2.03. The van der Waals surface area contributed by atoms with Crippen molar-refractivity contribution in [3.8, 4) is 0 Å². The van der Waals surface area contributed by atoms with Crippen molar-refractivity contribution in [3.63, 3.8) is 0 Å². The van der Waals surface area contributed by atoms with Crippen molar-refractivity contribution in [2.75, 3.05) is 19.4 Å². The Morgan fingerprint density at radius 1 is 1.07 bits per heavy atom. The van der Waals surface area contributed by atoms with E-state index in [1.807, 2.05) is 13.0 Å². The predicted molar refractivity (Wildman–Crippen MR) is 118 cm³/mol. The van der Waals surface area contributed by atoms with Crippen LogP contribution in [0.4, 0.5) is 5.69 Å². The summed E-state index contributed by atoms with van der Waals surface area (Å²) in [5, 5.41) is 7.05. The molecule has 158 valence electrons. The van der Waals surface area contributed by atoms with E-state index in [2.05, 4.69) is 10.6 Å². The van der Waals surface area contributed by atoms with Crippen molar-refractivity contribution in [2.24, 2.45) is 0 Å². The molecule has 0 spiro atoms. The first kappa shape index (κ1) is 23.6. The molecule has 0 saturated carbocycles. The molecule has 0 aromatic heterocycles. The molecule has 0 heterocycles. The van der Waals surface area contributed by atoms with Crippen LogP contribution < -0.4 is 10.6 Å². The Hall–Kier alpha value is -1.64. The molecular formula is C20H25Cl2N3O3S. The van der Waals surface area contributed by atoms with Gasteiger partial charge in [0.15, 0.2) is 0 Å². The quantitative estimate of drug-likeness (QED) is 0.651. The summed E-state index contributed by atoms with van der Waals surface area (Å²) >= 11 is 12.2. The average Bonchev–Trinajstić information content (AvgIpc) is 2.62. The van der Waals surface area contributed by atoms with E-state index in [0.29, 0.717) is 15.7 Å².